The first-order valence-electron chi connectivity index (χ1n) is 7.75. The van der Waals surface area contributed by atoms with Gasteiger partial charge in [-0.3, -0.25) is 4.99 Å². The highest BCUT2D eigenvalue weighted by molar-refractivity contribution is 14.0. The fraction of sp³-hybridized carbons (Fsp3) is 0.412. The van der Waals surface area contributed by atoms with Crippen molar-refractivity contribution in [3.05, 3.63) is 51.2 Å². The third kappa shape index (κ3) is 6.35. The quantitative estimate of drug-likeness (QED) is 0.391. The van der Waals surface area contributed by atoms with Crippen molar-refractivity contribution in [2.24, 2.45) is 4.99 Å². The fourth-order valence-electron chi connectivity index (χ4n) is 2.23. The van der Waals surface area contributed by atoms with Crippen LogP contribution >= 0.6 is 35.3 Å². The van der Waals surface area contributed by atoms with Gasteiger partial charge >= 0.3 is 0 Å². The first-order chi connectivity index (χ1) is 11.1. The Morgan fingerprint density at radius 3 is 2.75 bits per heavy atom. The van der Waals surface area contributed by atoms with Gasteiger partial charge < -0.3 is 10.6 Å². The van der Waals surface area contributed by atoms with Gasteiger partial charge in [-0.2, -0.15) is 0 Å². The van der Waals surface area contributed by atoms with Gasteiger partial charge in [0.05, 0.1) is 6.54 Å². The number of aliphatic imine (C=N–C) groups is 1. The van der Waals surface area contributed by atoms with Crippen LogP contribution in [0, 0.1) is 12.7 Å². The van der Waals surface area contributed by atoms with E-state index in [0.29, 0.717) is 6.54 Å². The molecule has 0 spiro atoms. The molecule has 1 aromatic carbocycles. The van der Waals surface area contributed by atoms with Crippen molar-refractivity contribution in [1.29, 1.82) is 0 Å². The molecule has 7 heteroatoms. The van der Waals surface area contributed by atoms with Gasteiger partial charge in [-0.05, 0) is 43.0 Å². The van der Waals surface area contributed by atoms with Gasteiger partial charge in [-0.1, -0.05) is 13.0 Å². The zero-order valence-electron chi connectivity index (χ0n) is 14.2. The molecular weight excluding hydrogens is 438 g/mol. The first kappa shape index (κ1) is 20.8. The molecule has 0 aliphatic carbocycles. The molecule has 0 radical (unpaired) electrons. The zero-order valence-corrected chi connectivity index (χ0v) is 17.4. The summed E-state index contributed by atoms with van der Waals surface area (Å²) >= 11 is 1.72. The second kappa shape index (κ2) is 10.6. The lowest BCUT2D eigenvalue weighted by Gasteiger charge is -2.12. The molecule has 24 heavy (non-hydrogen) atoms. The third-order valence-corrected chi connectivity index (χ3v) is 4.71. The molecule has 2 N–H and O–H groups in total. The molecule has 0 amide bonds. The highest BCUT2D eigenvalue weighted by Gasteiger charge is 2.04. The van der Waals surface area contributed by atoms with Crippen molar-refractivity contribution >= 4 is 41.3 Å². The van der Waals surface area contributed by atoms with Crippen LogP contribution in [0.3, 0.4) is 0 Å². The number of hydrogen-bond acceptors (Lipinski definition) is 3. The highest BCUT2D eigenvalue weighted by Crippen LogP contribution is 2.13. The monoisotopic (exact) mass is 462 g/mol. The largest absolute Gasteiger partial charge is 0.356 e. The van der Waals surface area contributed by atoms with Gasteiger partial charge in [0.2, 0.25) is 0 Å². The van der Waals surface area contributed by atoms with Gasteiger partial charge in [-0.25, -0.2) is 9.37 Å². The summed E-state index contributed by atoms with van der Waals surface area (Å²) in [5, 5.41) is 7.59. The number of aromatic nitrogens is 1. The molecule has 0 fully saturated rings. The Balaban J connectivity index is 0.00000288. The molecule has 0 unspecified atom stereocenters. The first-order valence-corrected chi connectivity index (χ1v) is 8.57. The van der Waals surface area contributed by atoms with Crippen molar-refractivity contribution in [2.75, 3.05) is 13.6 Å². The number of halogens is 2. The summed E-state index contributed by atoms with van der Waals surface area (Å²) in [5.41, 5.74) is 2.12. The molecule has 0 saturated carbocycles. The van der Waals surface area contributed by atoms with Gasteiger partial charge in [0.15, 0.2) is 5.96 Å². The van der Waals surface area contributed by atoms with Crippen LogP contribution in [-0.2, 0) is 19.4 Å². The van der Waals surface area contributed by atoms with E-state index in [-0.39, 0.29) is 29.8 Å². The number of guanidine groups is 1. The van der Waals surface area contributed by atoms with Crippen LogP contribution in [0.25, 0.3) is 0 Å². The summed E-state index contributed by atoms with van der Waals surface area (Å²) in [6.45, 7) is 5.46. The Kier molecular flexibility index (Phi) is 9.20. The Morgan fingerprint density at radius 2 is 2.12 bits per heavy atom. The van der Waals surface area contributed by atoms with E-state index in [9.17, 15) is 4.39 Å². The molecule has 0 bridgehead atoms. The van der Waals surface area contributed by atoms with E-state index in [1.807, 2.05) is 19.2 Å². The minimum absolute atomic E-state index is 0. The summed E-state index contributed by atoms with van der Waals surface area (Å²) in [4.78, 5) is 9.88. The van der Waals surface area contributed by atoms with Crippen molar-refractivity contribution in [3.8, 4) is 0 Å². The highest BCUT2D eigenvalue weighted by atomic mass is 127. The predicted octanol–water partition coefficient (Wildman–Crippen LogP) is 3.68. The molecule has 0 aliphatic rings. The van der Waals surface area contributed by atoms with E-state index in [1.165, 1.54) is 10.9 Å². The molecule has 2 rings (SSSR count). The normalized spacial score (nSPS) is 11.1. The number of benzene rings is 1. The number of hydrogen-bond donors (Lipinski definition) is 2. The maximum absolute atomic E-state index is 13.1. The van der Waals surface area contributed by atoms with Crippen LogP contribution in [0.1, 0.15) is 27.9 Å². The molecule has 132 valence electrons. The average Bonchev–Trinajstić information content (AvgIpc) is 3.00. The van der Waals surface area contributed by atoms with E-state index in [0.717, 1.165) is 41.5 Å². The molecular formula is C17H24FIN4S. The zero-order chi connectivity index (χ0) is 16.7. The minimum atomic E-state index is -0.188. The maximum atomic E-state index is 13.1. The van der Waals surface area contributed by atoms with Crippen LogP contribution in [0.4, 0.5) is 4.39 Å². The van der Waals surface area contributed by atoms with E-state index in [2.05, 4.69) is 27.5 Å². The van der Waals surface area contributed by atoms with Crippen LogP contribution in [-0.4, -0.2) is 24.5 Å². The molecule has 1 aromatic heterocycles. The van der Waals surface area contributed by atoms with Gasteiger partial charge in [0, 0.05) is 24.7 Å². The van der Waals surface area contributed by atoms with Gasteiger partial charge in [0.1, 0.15) is 10.8 Å². The minimum Gasteiger partial charge on any atom is -0.356 e. The van der Waals surface area contributed by atoms with E-state index < -0.39 is 0 Å². The second-order valence-corrected chi connectivity index (χ2v) is 6.45. The predicted molar refractivity (Wildman–Crippen MR) is 110 cm³/mol. The van der Waals surface area contributed by atoms with Crippen molar-refractivity contribution in [2.45, 2.75) is 33.2 Å². The summed E-state index contributed by atoms with van der Waals surface area (Å²) in [6, 6.07) is 4.91. The molecule has 0 saturated heterocycles. The Morgan fingerprint density at radius 1 is 1.33 bits per heavy atom. The van der Waals surface area contributed by atoms with E-state index in [4.69, 9.17) is 0 Å². The lowest BCUT2D eigenvalue weighted by molar-refractivity contribution is 0.625. The molecule has 0 atom stereocenters. The van der Waals surface area contributed by atoms with Gasteiger partial charge in [-0.15, -0.1) is 35.3 Å². The summed E-state index contributed by atoms with van der Waals surface area (Å²) in [7, 11) is 1.75. The number of nitrogens with zero attached hydrogens (tertiary/aromatic N) is 2. The summed E-state index contributed by atoms with van der Waals surface area (Å²) in [5.74, 6) is 0.560. The van der Waals surface area contributed by atoms with Gasteiger partial charge in [0.25, 0.3) is 0 Å². The molecule has 4 nitrogen and oxygen atoms in total. The Hall–Kier alpha value is -1.22. The number of rotatable bonds is 6. The molecule has 2 aromatic rings. The average molecular weight is 462 g/mol. The van der Waals surface area contributed by atoms with E-state index in [1.54, 1.807) is 24.5 Å². The fourth-order valence-corrected chi connectivity index (χ4v) is 3.03. The lowest BCUT2D eigenvalue weighted by Crippen LogP contribution is -2.37. The molecule has 0 aliphatic heterocycles. The number of aryl methyl sites for hydroxylation is 2. The second-order valence-electron chi connectivity index (χ2n) is 5.25. The smallest absolute Gasteiger partial charge is 0.191 e. The lowest BCUT2D eigenvalue weighted by atomic mass is 10.1. The van der Waals surface area contributed by atoms with Crippen LogP contribution in [0.2, 0.25) is 0 Å². The topological polar surface area (TPSA) is 49.3 Å². The summed E-state index contributed by atoms with van der Waals surface area (Å²) < 4.78 is 13.1. The van der Waals surface area contributed by atoms with Crippen molar-refractivity contribution < 1.29 is 4.39 Å². The van der Waals surface area contributed by atoms with Crippen LogP contribution < -0.4 is 10.6 Å². The Bertz CT molecular complexity index is 672. The van der Waals surface area contributed by atoms with Crippen LogP contribution in [0.5, 0.6) is 0 Å². The van der Waals surface area contributed by atoms with E-state index >= 15 is 0 Å². The van der Waals surface area contributed by atoms with Crippen LogP contribution in [0.15, 0.2) is 29.4 Å². The van der Waals surface area contributed by atoms with Crippen molar-refractivity contribution in [3.63, 3.8) is 0 Å². The maximum Gasteiger partial charge on any atom is 0.191 e. The molecule has 1 heterocycles. The number of nitrogens with one attached hydrogen (secondary N) is 2. The standard InChI is InChI=1S/C17H23FN4S.HI/c1-4-15-10-21-16(23-15)11-22-17(19-3)20-8-7-13-5-6-14(18)9-12(13)2;/h5-6,9-10H,4,7-8,11H2,1-3H3,(H2,19,20,22);1H. The summed E-state index contributed by atoms with van der Waals surface area (Å²) in [6.07, 6.45) is 3.76. The van der Waals surface area contributed by atoms with Crippen molar-refractivity contribution in [1.82, 2.24) is 15.6 Å². The third-order valence-electron chi connectivity index (χ3n) is 3.57. The number of thiazole rings is 1. The SMILES string of the molecule is CCc1cnc(CNC(=NC)NCCc2ccc(F)cc2C)s1.I. The Labute approximate surface area is 164 Å².